The van der Waals surface area contributed by atoms with Crippen molar-refractivity contribution in [3.05, 3.63) is 35.9 Å². The van der Waals surface area contributed by atoms with E-state index in [1.54, 1.807) is 5.56 Å². The molecule has 2 aliphatic carbocycles. The summed E-state index contributed by atoms with van der Waals surface area (Å²) in [4.78, 5) is 0. The van der Waals surface area contributed by atoms with Gasteiger partial charge in [0.2, 0.25) is 0 Å². The fraction of sp³-hybridized carbons (Fsp3) is 0.667. The van der Waals surface area contributed by atoms with Gasteiger partial charge >= 0.3 is 0 Å². The molecule has 1 aromatic rings. The monoisotopic (exact) mass is 242 g/mol. The molecule has 1 aromatic carbocycles. The maximum Gasteiger partial charge on any atom is -0.00188 e. The Morgan fingerprint density at radius 3 is 1.67 bits per heavy atom. The average molecular weight is 242 g/mol. The lowest BCUT2D eigenvalue weighted by Crippen LogP contribution is -2.37. The number of hydrogen-bond acceptors (Lipinski definition) is 0. The quantitative estimate of drug-likeness (QED) is 0.672. The van der Waals surface area contributed by atoms with Crippen LogP contribution in [0.4, 0.5) is 0 Å². The zero-order chi connectivity index (χ0) is 12.4. The normalized spacial score (nSPS) is 22.7. The Bertz CT molecular complexity index is 350. The van der Waals surface area contributed by atoms with Crippen LogP contribution in [-0.4, -0.2) is 0 Å². The molecule has 0 heterocycles. The third-order valence-electron chi connectivity index (χ3n) is 5.80. The highest BCUT2D eigenvalue weighted by Crippen LogP contribution is 2.51. The Morgan fingerprint density at radius 1 is 0.778 bits per heavy atom. The number of benzene rings is 1. The summed E-state index contributed by atoms with van der Waals surface area (Å²) in [5, 5.41) is 0. The molecule has 0 aromatic heterocycles. The van der Waals surface area contributed by atoms with Gasteiger partial charge in [0, 0.05) is 0 Å². The predicted octanol–water partition coefficient (Wildman–Crippen LogP) is 5.32. The minimum atomic E-state index is 0.453. The van der Waals surface area contributed by atoms with Crippen LogP contribution in [0.5, 0.6) is 0 Å². The second-order valence-corrected chi connectivity index (χ2v) is 6.61. The third kappa shape index (κ3) is 2.00. The van der Waals surface area contributed by atoms with Gasteiger partial charge in [-0.25, -0.2) is 0 Å². The van der Waals surface area contributed by atoms with E-state index in [4.69, 9.17) is 0 Å². The lowest BCUT2D eigenvalue weighted by molar-refractivity contribution is 0.192. The average Bonchev–Trinajstić information content (AvgIpc) is 3.12. The van der Waals surface area contributed by atoms with E-state index < -0.39 is 0 Å². The zero-order valence-corrected chi connectivity index (χ0v) is 11.7. The van der Waals surface area contributed by atoms with Crippen LogP contribution in [0.1, 0.15) is 63.9 Å². The van der Waals surface area contributed by atoms with Crippen LogP contribution in [0.2, 0.25) is 0 Å². The van der Waals surface area contributed by atoms with Gasteiger partial charge in [-0.2, -0.15) is 0 Å². The standard InChI is InChI=1S/C18H26/c1-18(16-11-5-6-12-16,17-13-7-8-14-17)15-9-3-2-4-10-15/h2-4,9-10,16-17H,5-8,11-14H2,1H3. The molecule has 0 nitrogen and oxygen atoms in total. The first-order valence-corrected chi connectivity index (χ1v) is 7.87. The Labute approximate surface area is 112 Å². The highest BCUT2D eigenvalue weighted by atomic mass is 14.5. The first kappa shape index (κ1) is 12.3. The van der Waals surface area contributed by atoms with Crippen LogP contribution >= 0.6 is 0 Å². The summed E-state index contributed by atoms with van der Waals surface area (Å²) in [5.74, 6) is 1.87. The van der Waals surface area contributed by atoms with Crippen LogP contribution < -0.4 is 0 Å². The van der Waals surface area contributed by atoms with Gasteiger partial charge in [0.1, 0.15) is 0 Å². The van der Waals surface area contributed by atoms with E-state index in [9.17, 15) is 0 Å². The first-order chi connectivity index (χ1) is 8.82. The Hall–Kier alpha value is -0.780. The van der Waals surface area contributed by atoms with Crippen LogP contribution in [-0.2, 0) is 5.41 Å². The smallest absolute Gasteiger partial charge is 0.00188 e. The molecule has 2 saturated carbocycles. The first-order valence-electron chi connectivity index (χ1n) is 7.87. The molecular formula is C18H26. The van der Waals surface area contributed by atoms with Gasteiger partial charge in [0.05, 0.1) is 0 Å². The predicted molar refractivity (Wildman–Crippen MR) is 77.7 cm³/mol. The minimum Gasteiger partial charge on any atom is -0.0622 e. The highest BCUT2D eigenvalue weighted by molar-refractivity contribution is 5.27. The summed E-state index contributed by atoms with van der Waals surface area (Å²) in [7, 11) is 0. The maximum absolute atomic E-state index is 2.58. The second-order valence-electron chi connectivity index (χ2n) is 6.61. The molecular weight excluding hydrogens is 216 g/mol. The Balaban J connectivity index is 1.96. The molecule has 98 valence electrons. The van der Waals surface area contributed by atoms with Gasteiger partial charge in [0.25, 0.3) is 0 Å². The molecule has 0 bridgehead atoms. The zero-order valence-electron chi connectivity index (χ0n) is 11.7. The molecule has 0 heteroatoms. The number of rotatable bonds is 3. The topological polar surface area (TPSA) is 0 Å². The minimum absolute atomic E-state index is 0.453. The van der Waals surface area contributed by atoms with Gasteiger partial charge < -0.3 is 0 Å². The van der Waals surface area contributed by atoms with E-state index in [1.165, 1.54) is 51.4 Å². The van der Waals surface area contributed by atoms with E-state index in [-0.39, 0.29) is 0 Å². The third-order valence-corrected chi connectivity index (χ3v) is 5.80. The van der Waals surface area contributed by atoms with Gasteiger partial charge in [-0.1, -0.05) is 62.9 Å². The van der Waals surface area contributed by atoms with Crippen LogP contribution in [0.15, 0.2) is 30.3 Å². The maximum atomic E-state index is 2.58. The van der Waals surface area contributed by atoms with Gasteiger partial charge in [-0.05, 0) is 48.5 Å². The summed E-state index contributed by atoms with van der Waals surface area (Å²) in [6.45, 7) is 2.58. The van der Waals surface area contributed by atoms with Crippen LogP contribution in [0, 0.1) is 11.8 Å². The molecule has 2 aliphatic rings. The van der Waals surface area contributed by atoms with Crippen molar-refractivity contribution < 1.29 is 0 Å². The van der Waals surface area contributed by atoms with E-state index in [1.807, 2.05) is 0 Å². The fourth-order valence-corrected chi connectivity index (χ4v) is 4.65. The lowest BCUT2D eigenvalue weighted by Gasteiger charge is -2.42. The molecule has 0 N–H and O–H groups in total. The van der Waals surface area contributed by atoms with Crippen molar-refractivity contribution in [3.8, 4) is 0 Å². The van der Waals surface area contributed by atoms with Gasteiger partial charge in [0.15, 0.2) is 0 Å². The van der Waals surface area contributed by atoms with E-state index in [0.29, 0.717) is 5.41 Å². The van der Waals surface area contributed by atoms with Crippen molar-refractivity contribution in [2.45, 2.75) is 63.7 Å². The second kappa shape index (κ2) is 5.07. The lowest BCUT2D eigenvalue weighted by atomic mass is 9.62. The molecule has 0 unspecified atom stereocenters. The largest absolute Gasteiger partial charge is 0.0622 e. The van der Waals surface area contributed by atoms with E-state index in [0.717, 1.165) is 11.8 Å². The van der Waals surface area contributed by atoms with Crippen molar-refractivity contribution in [1.82, 2.24) is 0 Å². The highest BCUT2D eigenvalue weighted by Gasteiger charge is 2.44. The molecule has 0 atom stereocenters. The molecule has 3 rings (SSSR count). The van der Waals surface area contributed by atoms with E-state index >= 15 is 0 Å². The number of hydrogen-bond donors (Lipinski definition) is 0. The molecule has 0 aliphatic heterocycles. The van der Waals surface area contributed by atoms with Crippen LogP contribution in [0.3, 0.4) is 0 Å². The van der Waals surface area contributed by atoms with Crippen molar-refractivity contribution >= 4 is 0 Å². The van der Waals surface area contributed by atoms with Gasteiger partial charge in [-0.15, -0.1) is 0 Å². The molecule has 18 heavy (non-hydrogen) atoms. The summed E-state index contributed by atoms with van der Waals surface area (Å²) < 4.78 is 0. The Kier molecular flexibility index (Phi) is 3.46. The summed E-state index contributed by atoms with van der Waals surface area (Å²) in [6.07, 6.45) is 11.7. The molecule has 0 radical (unpaired) electrons. The summed E-state index contributed by atoms with van der Waals surface area (Å²) in [5.41, 5.74) is 2.07. The molecule has 0 spiro atoms. The van der Waals surface area contributed by atoms with Crippen molar-refractivity contribution in [3.63, 3.8) is 0 Å². The Morgan fingerprint density at radius 2 is 1.22 bits per heavy atom. The van der Waals surface area contributed by atoms with E-state index in [2.05, 4.69) is 37.3 Å². The van der Waals surface area contributed by atoms with Crippen LogP contribution in [0.25, 0.3) is 0 Å². The fourth-order valence-electron chi connectivity index (χ4n) is 4.65. The van der Waals surface area contributed by atoms with Crippen molar-refractivity contribution in [2.24, 2.45) is 11.8 Å². The van der Waals surface area contributed by atoms with Gasteiger partial charge in [-0.3, -0.25) is 0 Å². The summed E-state index contributed by atoms with van der Waals surface area (Å²) in [6, 6.07) is 11.4. The van der Waals surface area contributed by atoms with Crippen molar-refractivity contribution in [2.75, 3.05) is 0 Å². The molecule has 0 amide bonds. The molecule has 2 fully saturated rings. The summed E-state index contributed by atoms with van der Waals surface area (Å²) >= 11 is 0. The van der Waals surface area contributed by atoms with Crippen molar-refractivity contribution in [1.29, 1.82) is 0 Å². The molecule has 0 saturated heterocycles. The SMILES string of the molecule is CC(c1ccccc1)(C1CCCC1)C1CCCC1.